The summed E-state index contributed by atoms with van der Waals surface area (Å²) in [5, 5.41) is 0. The van der Waals surface area contributed by atoms with Crippen molar-refractivity contribution in [1.29, 1.82) is 0 Å². The predicted molar refractivity (Wildman–Crippen MR) is 295 cm³/mol. The highest BCUT2D eigenvalue weighted by molar-refractivity contribution is 7.83. The van der Waals surface area contributed by atoms with Crippen LogP contribution >= 0.6 is 0 Å². The standard InChI is InChI=1S/C33H54N2O48S12/c36-84(37,38)72-22-12-8-18(26(76-88(48,49)50)30(22)80-92(60,61)62)34(19-9-13-23(73-85(39,40)41)31(81-93(63,64)65)27(19)77-89(51,52)53)16-6-4-2-1-3-5-7-17-35(20-10-14-24(74-86(42,43)44)32(82-94(66,67)68)28(20)78-90(54,55)56)21-11-15-25(75-87(45,46)47)33(83-95(69,70)71)29(21)79-91(57,58)59/h8-15,18-33H,1-7,16-17H2,(H,36,37,38)(H,39,40,41)(H,42,43,44)(H,45,46,47)(H,48,49,50)(H,51,52,53)(H,54,55,56)(H,57,58,59)(H,60,61,62)(H,63,64,65)(H,66,67,68)(H,69,70,71)/t18-,19-,20-,21-,22+,23+,24+,25+,26+,27+,28+,29+,30+,31+,32+,33+/m0/s1. The van der Waals surface area contributed by atoms with E-state index in [9.17, 15) is 156 Å². The van der Waals surface area contributed by atoms with Gasteiger partial charge in [0.2, 0.25) is 0 Å². The normalized spacial score (nSPS) is 29.7. The minimum absolute atomic E-state index is 0.0407. The van der Waals surface area contributed by atoms with Gasteiger partial charge in [-0.05, 0) is 25.9 Å². The van der Waals surface area contributed by atoms with E-state index in [1.54, 1.807) is 0 Å². The molecule has 0 saturated heterocycles. The van der Waals surface area contributed by atoms with E-state index in [0.29, 0.717) is 58.4 Å². The fourth-order valence-electron chi connectivity index (χ4n) is 9.88. The van der Waals surface area contributed by atoms with E-state index < -0.39 is 248 Å². The van der Waals surface area contributed by atoms with Gasteiger partial charge in [-0.1, -0.05) is 80.7 Å². The van der Waals surface area contributed by atoms with Crippen LogP contribution in [0.2, 0.25) is 0 Å². The molecule has 0 aromatic carbocycles. The molecule has 4 aliphatic rings. The van der Waals surface area contributed by atoms with Crippen LogP contribution in [-0.2, 0) is 175 Å². The van der Waals surface area contributed by atoms with Crippen molar-refractivity contribution in [1.82, 2.24) is 9.80 Å². The summed E-state index contributed by atoms with van der Waals surface area (Å²) in [6, 6.07) is -9.24. The van der Waals surface area contributed by atoms with E-state index in [1.165, 1.54) is 0 Å². The number of hydrogen-bond donors (Lipinski definition) is 12. The van der Waals surface area contributed by atoms with Gasteiger partial charge in [-0.3, -0.25) is 64.4 Å². The van der Waals surface area contributed by atoms with Crippen molar-refractivity contribution in [2.75, 3.05) is 13.1 Å². The first-order valence-corrected chi connectivity index (χ1v) is 41.1. The third kappa shape index (κ3) is 31.0. The molecule has 0 saturated carbocycles. The Bertz CT molecular complexity index is 3740. The molecule has 95 heavy (non-hydrogen) atoms. The van der Waals surface area contributed by atoms with Gasteiger partial charge in [-0.15, -0.1) is 0 Å². The lowest BCUT2D eigenvalue weighted by Gasteiger charge is -2.47. The summed E-state index contributed by atoms with van der Waals surface area (Å²) < 4.78 is 460. The van der Waals surface area contributed by atoms with Crippen LogP contribution in [0.3, 0.4) is 0 Å². The molecule has 0 radical (unpaired) electrons. The highest BCUT2D eigenvalue weighted by atomic mass is 32.3. The molecule has 0 aromatic heterocycles. The first-order valence-electron chi connectivity index (χ1n) is 24.7. The number of unbranched alkanes of at least 4 members (excludes halogenated alkanes) is 6. The molecule has 0 amide bonds. The zero-order chi connectivity index (χ0) is 72.9. The zero-order valence-corrected chi connectivity index (χ0v) is 55.9. The lowest BCUT2D eigenvalue weighted by Crippen LogP contribution is -2.64. The molecule has 0 heterocycles. The maximum atomic E-state index is 12.4. The topological polar surface area (TPSA) is 770 Å². The Morgan fingerprint density at radius 3 is 0.484 bits per heavy atom. The van der Waals surface area contributed by atoms with E-state index in [0.717, 1.165) is 0 Å². The molecular formula is C33H54N2O48S12. The fraction of sp³-hybridized carbons (Fsp3) is 0.758. The van der Waals surface area contributed by atoms with Crippen molar-refractivity contribution < 1.29 is 206 Å². The van der Waals surface area contributed by atoms with Crippen LogP contribution in [-0.4, -0.2) is 276 Å². The van der Waals surface area contributed by atoms with E-state index in [-0.39, 0.29) is 32.1 Å². The van der Waals surface area contributed by atoms with Gasteiger partial charge >= 0.3 is 125 Å². The van der Waals surface area contributed by atoms with E-state index in [2.05, 4.69) is 50.2 Å². The van der Waals surface area contributed by atoms with Gasteiger partial charge in [0.05, 0.1) is 24.2 Å². The minimum atomic E-state index is -6.05. The van der Waals surface area contributed by atoms with Crippen LogP contribution in [0, 0.1) is 0 Å². The Labute approximate surface area is 541 Å². The molecular weight excluding hydrogens is 1580 g/mol. The van der Waals surface area contributed by atoms with Gasteiger partial charge in [0.25, 0.3) is 0 Å². The number of rotatable bonds is 38. The molecule has 50 nitrogen and oxygen atoms in total. The van der Waals surface area contributed by atoms with Crippen molar-refractivity contribution in [3.63, 3.8) is 0 Å². The molecule has 0 bridgehead atoms. The first-order chi connectivity index (χ1) is 42.6. The highest BCUT2D eigenvalue weighted by Crippen LogP contribution is 2.38. The number of nitrogens with zero attached hydrogens (tertiary/aromatic N) is 2. The molecule has 4 rings (SSSR count). The molecule has 16 atom stereocenters. The second-order valence-electron chi connectivity index (χ2n) is 19.3. The molecule has 0 aromatic rings. The summed E-state index contributed by atoms with van der Waals surface area (Å²) in [6.45, 7) is -1.69. The summed E-state index contributed by atoms with van der Waals surface area (Å²) in [5.74, 6) is 0. The molecule has 0 aliphatic heterocycles. The Hall–Kier alpha value is -2.68. The molecule has 62 heteroatoms. The fourth-order valence-corrected chi connectivity index (χ4v) is 15.7. The Morgan fingerprint density at radius 2 is 0.337 bits per heavy atom. The Kier molecular flexibility index (Phi) is 28.6. The summed E-state index contributed by atoms with van der Waals surface area (Å²) in [6.07, 6.45) is -31.4. The molecule has 0 spiro atoms. The minimum Gasteiger partial charge on any atom is -0.285 e. The van der Waals surface area contributed by atoms with Gasteiger partial charge in [-0.2, -0.15) is 101 Å². The lowest BCUT2D eigenvalue weighted by atomic mass is 9.87. The van der Waals surface area contributed by atoms with E-state index in [4.69, 9.17) is 0 Å². The quantitative estimate of drug-likeness (QED) is 0.0156. The SMILES string of the molecule is O=S(=O)(O)O[C@H]1[C@H](OS(=O)(=O)O)[C@@H](N(CCCCCCCCCN([C@H]2C=C[C@@H](OS(=O)(=O)O)[C@@H](OS(=O)(=O)O)[C@@H]2OS(=O)(=O)O)[C@H]2C=C[C@@H](OS(=O)(=O)O)[C@@H](OS(=O)(=O)O)[C@@H]2OS(=O)(=O)O)[C@H]2C=C[C@@H](OS(=O)(=O)O)[C@@H](OS(=O)(=O)O)[C@@H]2OS(=O)(=O)O)C=C[C@H]1OS(=O)(=O)O. The van der Waals surface area contributed by atoms with Gasteiger partial charge < -0.3 is 0 Å². The van der Waals surface area contributed by atoms with Crippen molar-refractivity contribution in [2.45, 2.75) is 142 Å². The maximum Gasteiger partial charge on any atom is 0.398 e. The second-order valence-corrected chi connectivity index (χ2v) is 31.9. The van der Waals surface area contributed by atoms with Crippen LogP contribution in [0.1, 0.15) is 44.9 Å². The summed E-state index contributed by atoms with van der Waals surface area (Å²) in [7, 11) is -71.4. The highest BCUT2D eigenvalue weighted by Gasteiger charge is 2.55. The number of hydrogen-bond acceptors (Lipinski definition) is 38. The van der Waals surface area contributed by atoms with Crippen LogP contribution in [0.15, 0.2) is 48.6 Å². The molecule has 4 aliphatic carbocycles. The van der Waals surface area contributed by atoms with Crippen molar-refractivity contribution >= 4 is 125 Å². The molecule has 0 fully saturated rings. The van der Waals surface area contributed by atoms with Crippen LogP contribution < -0.4 is 0 Å². The average Bonchev–Trinajstić information content (AvgIpc) is 0.766. The Morgan fingerprint density at radius 1 is 0.200 bits per heavy atom. The summed E-state index contributed by atoms with van der Waals surface area (Å²) in [4.78, 5) is 1.26. The third-order valence-electron chi connectivity index (χ3n) is 12.6. The van der Waals surface area contributed by atoms with Gasteiger partial charge in [0.15, 0.2) is 0 Å². The first kappa shape index (κ1) is 84.7. The van der Waals surface area contributed by atoms with Crippen molar-refractivity contribution in [2.24, 2.45) is 0 Å². The van der Waals surface area contributed by atoms with Crippen molar-refractivity contribution in [3.05, 3.63) is 48.6 Å². The van der Waals surface area contributed by atoms with Gasteiger partial charge in [0, 0.05) is 0 Å². The zero-order valence-electron chi connectivity index (χ0n) is 46.1. The smallest absolute Gasteiger partial charge is 0.285 e. The third-order valence-corrected chi connectivity index (χ3v) is 18.2. The largest absolute Gasteiger partial charge is 0.398 e. The van der Waals surface area contributed by atoms with Crippen molar-refractivity contribution in [3.8, 4) is 0 Å². The predicted octanol–water partition coefficient (Wildman–Crippen LogP) is -5.67. The van der Waals surface area contributed by atoms with Gasteiger partial charge in [0.1, 0.15) is 73.2 Å². The van der Waals surface area contributed by atoms with E-state index in [1.807, 2.05) is 0 Å². The Balaban J connectivity index is 1.83. The average molecular weight is 1630 g/mol. The monoisotopic (exact) mass is 1630 g/mol. The summed E-state index contributed by atoms with van der Waals surface area (Å²) in [5.41, 5.74) is 0. The van der Waals surface area contributed by atoms with Crippen LogP contribution in [0.5, 0.6) is 0 Å². The summed E-state index contributed by atoms with van der Waals surface area (Å²) >= 11 is 0. The molecule has 12 N–H and O–H groups in total. The van der Waals surface area contributed by atoms with Crippen LogP contribution in [0.4, 0.5) is 0 Å². The molecule has 0 unspecified atom stereocenters. The van der Waals surface area contributed by atoms with E-state index >= 15 is 0 Å². The maximum absolute atomic E-state index is 12.4. The van der Waals surface area contributed by atoms with Gasteiger partial charge in [-0.25, -0.2) is 50.2 Å². The molecule has 556 valence electrons. The second kappa shape index (κ2) is 32.1. The van der Waals surface area contributed by atoms with Crippen LogP contribution in [0.25, 0.3) is 0 Å². The lowest BCUT2D eigenvalue weighted by molar-refractivity contribution is -0.0823.